The van der Waals surface area contributed by atoms with Gasteiger partial charge in [0.15, 0.2) is 5.82 Å². The first kappa shape index (κ1) is 16.0. The molecule has 2 amide bonds. The maximum Gasteiger partial charge on any atom is 0.320 e. The number of hydrogen-bond acceptors (Lipinski definition) is 4. The number of hydrogen-bond donors (Lipinski definition) is 0. The van der Waals surface area contributed by atoms with Gasteiger partial charge in [-0.15, -0.1) is 0 Å². The standard InChI is InChI=1S/C19H22N4O2/c1-3-22(4-2)18(24)23-12-19(13-23)15-10-20-17(21-16(15)11-25-19)14-8-6-5-7-9-14/h5-10H,3-4,11-13H2,1-2H3. The third-order valence-corrected chi connectivity index (χ3v) is 5.07. The highest BCUT2D eigenvalue weighted by Crippen LogP contribution is 2.43. The number of benzene rings is 1. The molecule has 0 N–H and O–H groups in total. The molecule has 130 valence electrons. The number of ether oxygens (including phenoxy) is 1. The lowest BCUT2D eigenvalue weighted by atomic mass is 9.87. The highest BCUT2D eigenvalue weighted by Gasteiger charge is 2.53. The number of aromatic nitrogens is 2. The molecule has 2 aliphatic rings. The molecule has 6 heteroatoms. The van der Waals surface area contributed by atoms with E-state index in [4.69, 9.17) is 4.74 Å². The maximum absolute atomic E-state index is 12.4. The van der Waals surface area contributed by atoms with Gasteiger partial charge >= 0.3 is 6.03 Å². The van der Waals surface area contributed by atoms with Crippen molar-refractivity contribution in [2.24, 2.45) is 0 Å². The van der Waals surface area contributed by atoms with Gasteiger partial charge in [0.2, 0.25) is 0 Å². The Balaban J connectivity index is 1.53. The number of urea groups is 1. The molecule has 1 saturated heterocycles. The molecule has 2 aliphatic heterocycles. The van der Waals surface area contributed by atoms with Crippen LogP contribution in [-0.4, -0.2) is 52.0 Å². The summed E-state index contributed by atoms with van der Waals surface area (Å²) in [5, 5.41) is 0. The van der Waals surface area contributed by atoms with Crippen molar-refractivity contribution in [3.8, 4) is 11.4 Å². The smallest absolute Gasteiger partial charge is 0.320 e. The number of carbonyl (C=O) groups excluding carboxylic acids is 1. The minimum absolute atomic E-state index is 0.0782. The summed E-state index contributed by atoms with van der Waals surface area (Å²) in [6.45, 7) is 7.06. The van der Waals surface area contributed by atoms with Crippen LogP contribution in [-0.2, 0) is 16.9 Å². The number of rotatable bonds is 3. The van der Waals surface area contributed by atoms with Crippen LogP contribution < -0.4 is 0 Å². The lowest BCUT2D eigenvalue weighted by Gasteiger charge is -2.48. The molecule has 0 bridgehead atoms. The summed E-state index contributed by atoms with van der Waals surface area (Å²) in [6, 6.07) is 10.0. The zero-order chi connectivity index (χ0) is 17.4. The van der Waals surface area contributed by atoms with Gasteiger partial charge in [-0.3, -0.25) is 0 Å². The van der Waals surface area contributed by atoms with E-state index < -0.39 is 5.60 Å². The number of fused-ring (bicyclic) bond motifs is 2. The van der Waals surface area contributed by atoms with Crippen molar-refractivity contribution in [2.45, 2.75) is 26.1 Å². The number of likely N-dealkylation sites (tertiary alicyclic amines) is 1. The fraction of sp³-hybridized carbons (Fsp3) is 0.421. The van der Waals surface area contributed by atoms with Crippen molar-refractivity contribution >= 4 is 6.03 Å². The molecule has 1 aromatic carbocycles. The van der Waals surface area contributed by atoms with Gasteiger partial charge in [0, 0.05) is 30.4 Å². The third-order valence-electron chi connectivity index (χ3n) is 5.07. The molecule has 6 nitrogen and oxygen atoms in total. The summed E-state index contributed by atoms with van der Waals surface area (Å²) in [6.07, 6.45) is 1.87. The first-order valence-electron chi connectivity index (χ1n) is 8.76. The fourth-order valence-electron chi connectivity index (χ4n) is 3.58. The first-order chi connectivity index (χ1) is 12.2. The van der Waals surface area contributed by atoms with Crippen LogP contribution in [0.4, 0.5) is 4.79 Å². The van der Waals surface area contributed by atoms with Gasteiger partial charge in [-0.2, -0.15) is 0 Å². The predicted molar refractivity (Wildman–Crippen MR) is 93.8 cm³/mol. The Labute approximate surface area is 147 Å². The molecule has 0 unspecified atom stereocenters. The van der Waals surface area contributed by atoms with Gasteiger partial charge in [0.05, 0.1) is 25.4 Å². The minimum atomic E-state index is -0.423. The van der Waals surface area contributed by atoms with Gasteiger partial charge < -0.3 is 14.5 Å². The first-order valence-corrected chi connectivity index (χ1v) is 8.76. The summed E-state index contributed by atoms with van der Waals surface area (Å²) in [7, 11) is 0. The van der Waals surface area contributed by atoms with E-state index >= 15 is 0 Å². The molecule has 1 spiro atoms. The van der Waals surface area contributed by atoms with Gasteiger partial charge in [0.25, 0.3) is 0 Å². The van der Waals surface area contributed by atoms with E-state index in [1.807, 2.05) is 60.2 Å². The lowest BCUT2D eigenvalue weighted by molar-refractivity contribution is -0.127. The van der Waals surface area contributed by atoms with Gasteiger partial charge in [-0.1, -0.05) is 30.3 Å². The van der Waals surface area contributed by atoms with Crippen molar-refractivity contribution in [3.05, 3.63) is 47.8 Å². The number of amides is 2. The van der Waals surface area contributed by atoms with Crippen LogP contribution in [0.25, 0.3) is 11.4 Å². The van der Waals surface area contributed by atoms with Crippen LogP contribution in [0.5, 0.6) is 0 Å². The van der Waals surface area contributed by atoms with E-state index in [2.05, 4.69) is 9.97 Å². The number of nitrogens with zero attached hydrogens (tertiary/aromatic N) is 4. The molecular weight excluding hydrogens is 316 g/mol. The summed E-state index contributed by atoms with van der Waals surface area (Å²) < 4.78 is 6.05. The summed E-state index contributed by atoms with van der Waals surface area (Å²) in [5.74, 6) is 0.718. The molecule has 4 rings (SSSR count). The Morgan fingerprint density at radius 2 is 1.96 bits per heavy atom. The molecule has 25 heavy (non-hydrogen) atoms. The highest BCUT2D eigenvalue weighted by molar-refractivity contribution is 5.76. The Morgan fingerprint density at radius 1 is 1.24 bits per heavy atom. The predicted octanol–water partition coefficient (Wildman–Crippen LogP) is 2.65. The Morgan fingerprint density at radius 3 is 2.64 bits per heavy atom. The van der Waals surface area contributed by atoms with Gasteiger partial charge in [-0.05, 0) is 13.8 Å². The summed E-state index contributed by atoms with van der Waals surface area (Å²) in [4.78, 5) is 25.3. The quantitative estimate of drug-likeness (QED) is 0.863. The maximum atomic E-state index is 12.4. The second kappa shape index (κ2) is 6.11. The second-order valence-corrected chi connectivity index (χ2v) is 6.51. The SMILES string of the molecule is CCN(CC)C(=O)N1CC2(C1)OCc1nc(-c3ccccc3)ncc12. The van der Waals surface area contributed by atoms with Gasteiger partial charge in [-0.25, -0.2) is 14.8 Å². The van der Waals surface area contributed by atoms with Crippen molar-refractivity contribution in [2.75, 3.05) is 26.2 Å². The topological polar surface area (TPSA) is 58.6 Å². The normalized spacial score (nSPS) is 17.3. The zero-order valence-corrected chi connectivity index (χ0v) is 14.6. The highest BCUT2D eigenvalue weighted by atomic mass is 16.5. The van der Waals surface area contributed by atoms with Crippen LogP contribution in [0.1, 0.15) is 25.1 Å². The van der Waals surface area contributed by atoms with Crippen LogP contribution >= 0.6 is 0 Å². The summed E-state index contributed by atoms with van der Waals surface area (Å²) >= 11 is 0. The molecule has 0 radical (unpaired) electrons. The number of carbonyl (C=O) groups is 1. The van der Waals surface area contributed by atoms with E-state index in [0.29, 0.717) is 19.7 Å². The van der Waals surface area contributed by atoms with Crippen molar-refractivity contribution in [1.29, 1.82) is 0 Å². The lowest BCUT2D eigenvalue weighted by Crippen LogP contribution is -2.63. The summed E-state index contributed by atoms with van der Waals surface area (Å²) in [5.41, 5.74) is 2.53. The second-order valence-electron chi connectivity index (χ2n) is 6.51. The molecule has 0 aliphatic carbocycles. The minimum Gasteiger partial charge on any atom is -0.360 e. The average Bonchev–Trinajstić information content (AvgIpc) is 3.01. The molecule has 1 aromatic heterocycles. The fourth-order valence-corrected chi connectivity index (χ4v) is 3.58. The van der Waals surface area contributed by atoms with E-state index in [0.717, 1.165) is 35.7 Å². The monoisotopic (exact) mass is 338 g/mol. The molecular formula is C19H22N4O2. The van der Waals surface area contributed by atoms with Crippen molar-refractivity contribution < 1.29 is 9.53 Å². The largest absolute Gasteiger partial charge is 0.360 e. The van der Waals surface area contributed by atoms with Crippen molar-refractivity contribution in [1.82, 2.24) is 19.8 Å². The third kappa shape index (κ3) is 2.57. The zero-order valence-electron chi connectivity index (χ0n) is 14.6. The van der Waals surface area contributed by atoms with Gasteiger partial charge in [0.1, 0.15) is 5.60 Å². The van der Waals surface area contributed by atoms with Crippen LogP contribution in [0.15, 0.2) is 36.5 Å². The van der Waals surface area contributed by atoms with Crippen LogP contribution in [0.2, 0.25) is 0 Å². The Kier molecular flexibility index (Phi) is 3.92. The Hall–Kier alpha value is -2.47. The molecule has 3 heterocycles. The van der Waals surface area contributed by atoms with E-state index in [-0.39, 0.29) is 6.03 Å². The molecule has 0 atom stereocenters. The average molecular weight is 338 g/mol. The van der Waals surface area contributed by atoms with E-state index in [9.17, 15) is 4.79 Å². The molecule has 2 aromatic rings. The Bertz CT molecular complexity index is 783. The molecule has 1 fully saturated rings. The van der Waals surface area contributed by atoms with Crippen LogP contribution in [0.3, 0.4) is 0 Å². The van der Waals surface area contributed by atoms with E-state index in [1.165, 1.54) is 0 Å². The van der Waals surface area contributed by atoms with E-state index in [1.54, 1.807) is 0 Å². The van der Waals surface area contributed by atoms with Crippen molar-refractivity contribution in [3.63, 3.8) is 0 Å². The van der Waals surface area contributed by atoms with Crippen LogP contribution in [0, 0.1) is 0 Å². The molecule has 0 saturated carbocycles.